The van der Waals surface area contributed by atoms with Crippen LogP contribution in [-0.2, 0) is 6.42 Å². The van der Waals surface area contributed by atoms with E-state index < -0.39 is 0 Å². The predicted molar refractivity (Wildman–Crippen MR) is 93.9 cm³/mol. The molecule has 0 saturated carbocycles. The van der Waals surface area contributed by atoms with Gasteiger partial charge in [-0.1, -0.05) is 42.1 Å². The first-order valence-electron chi connectivity index (χ1n) is 7.16. The van der Waals surface area contributed by atoms with Gasteiger partial charge in [0, 0.05) is 16.9 Å². The smallest absolute Gasteiger partial charge is 0.118 e. The molecule has 0 amide bonds. The molecule has 0 fully saturated rings. The highest BCUT2D eigenvalue weighted by molar-refractivity contribution is 8.17. The molecule has 2 aromatic carbocycles. The number of hydrazone groups is 1. The maximum Gasteiger partial charge on any atom is 0.118 e. The van der Waals surface area contributed by atoms with Crippen LogP contribution in [0.2, 0.25) is 0 Å². The van der Waals surface area contributed by atoms with Gasteiger partial charge in [-0.05, 0) is 36.8 Å². The second-order valence-electron chi connectivity index (χ2n) is 5.04. The van der Waals surface area contributed by atoms with Crippen LogP contribution in [0.1, 0.15) is 18.1 Å². The van der Waals surface area contributed by atoms with Gasteiger partial charge in [-0.15, -0.1) is 0 Å². The van der Waals surface area contributed by atoms with Gasteiger partial charge < -0.3 is 4.74 Å². The van der Waals surface area contributed by atoms with Crippen LogP contribution in [0.25, 0.3) is 5.70 Å². The van der Waals surface area contributed by atoms with Crippen molar-refractivity contribution in [1.82, 2.24) is 5.43 Å². The van der Waals surface area contributed by atoms with E-state index in [0.29, 0.717) is 0 Å². The summed E-state index contributed by atoms with van der Waals surface area (Å²) in [5, 5.41) is 5.60. The lowest BCUT2D eigenvalue weighted by Gasteiger charge is -2.19. The number of allylic oxidation sites excluding steroid dienone is 1. The fourth-order valence-electron chi connectivity index (χ4n) is 2.32. The molecule has 0 saturated heterocycles. The molecule has 0 spiro atoms. The number of nitrogens with one attached hydrogen (secondary N) is 1. The molecule has 22 heavy (non-hydrogen) atoms. The molecule has 1 aliphatic heterocycles. The summed E-state index contributed by atoms with van der Waals surface area (Å²) in [6.07, 6.45) is 0.853. The summed E-state index contributed by atoms with van der Waals surface area (Å²) in [5.74, 6) is 0.860. The topological polar surface area (TPSA) is 33.6 Å². The summed E-state index contributed by atoms with van der Waals surface area (Å²) < 4.78 is 5.20. The van der Waals surface area contributed by atoms with Crippen LogP contribution in [0.3, 0.4) is 0 Å². The Morgan fingerprint density at radius 2 is 1.77 bits per heavy atom. The van der Waals surface area contributed by atoms with Gasteiger partial charge in [0.05, 0.1) is 12.8 Å². The zero-order chi connectivity index (χ0) is 15.4. The van der Waals surface area contributed by atoms with Crippen LogP contribution in [0.15, 0.2) is 64.6 Å². The summed E-state index contributed by atoms with van der Waals surface area (Å²) in [4.78, 5) is 1.23. The van der Waals surface area contributed by atoms with Crippen molar-refractivity contribution in [1.29, 1.82) is 0 Å². The third-order valence-electron chi connectivity index (χ3n) is 3.49. The lowest BCUT2D eigenvalue weighted by Crippen LogP contribution is -2.15. The molecule has 2 aromatic rings. The number of nitrogens with zero attached hydrogens (tertiary/aromatic N) is 1. The average molecular weight is 310 g/mol. The third kappa shape index (κ3) is 3.34. The number of hydrogen-bond acceptors (Lipinski definition) is 4. The second kappa shape index (κ2) is 6.71. The van der Waals surface area contributed by atoms with Crippen LogP contribution >= 0.6 is 11.8 Å². The molecule has 0 aliphatic carbocycles. The summed E-state index contributed by atoms with van der Waals surface area (Å²) in [5.41, 5.74) is 6.65. The number of methoxy groups -OCH3 is 1. The number of hydrogen-bond donors (Lipinski definition) is 1. The first kappa shape index (κ1) is 14.7. The molecule has 3 rings (SSSR count). The molecule has 3 nitrogen and oxygen atoms in total. The quantitative estimate of drug-likeness (QED) is 0.915. The molecular weight excluding hydrogens is 292 g/mol. The largest absolute Gasteiger partial charge is 0.497 e. The monoisotopic (exact) mass is 310 g/mol. The van der Waals surface area contributed by atoms with E-state index in [4.69, 9.17) is 4.74 Å². The van der Waals surface area contributed by atoms with E-state index in [0.717, 1.165) is 28.5 Å². The molecule has 4 heteroatoms. The van der Waals surface area contributed by atoms with Crippen molar-refractivity contribution in [2.75, 3.05) is 7.11 Å². The minimum atomic E-state index is 0.853. The Morgan fingerprint density at radius 1 is 1.05 bits per heavy atom. The fourth-order valence-corrected chi connectivity index (χ4v) is 3.27. The van der Waals surface area contributed by atoms with Crippen molar-refractivity contribution in [2.45, 2.75) is 13.3 Å². The van der Waals surface area contributed by atoms with Crippen molar-refractivity contribution in [2.24, 2.45) is 5.10 Å². The lowest BCUT2D eigenvalue weighted by molar-refractivity contribution is 0.415. The number of ether oxygens (including phenoxy) is 1. The zero-order valence-corrected chi connectivity index (χ0v) is 13.5. The molecule has 0 atom stereocenters. The van der Waals surface area contributed by atoms with Crippen LogP contribution in [0.5, 0.6) is 5.75 Å². The van der Waals surface area contributed by atoms with E-state index in [-0.39, 0.29) is 0 Å². The maximum absolute atomic E-state index is 5.20. The van der Waals surface area contributed by atoms with Crippen LogP contribution in [-0.4, -0.2) is 12.2 Å². The Morgan fingerprint density at radius 3 is 2.41 bits per heavy atom. The highest BCUT2D eigenvalue weighted by atomic mass is 32.2. The van der Waals surface area contributed by atoms with Crippen LogP contribution < -0.4 is 10.2 Å². The van der Waals surface area contributed by atoms with E-state index in [9.17, 15) is 0 Å². The minimum Gasteiger partial charge on any atom is -0.497 e. The molecule has 0 unspecified atom stereocenters. The van der Waals surface area contributed by atoms with Gasteiger partial charge in [-0.25, -0.2) is 0 Å². The number of rotatable bonds is 4. The average Bonchev–Trinajstić information content (AvgIpc) is 2.56. The molecule has 1 N–H and O–H groups in total. The number of benzene rings is 2. The standard InChI is InChI=1S/C18H18N2OS/c1-13-18(15-8-10-16(21-2)11-9-15)20-19-17(22-13)12-14-6-4-3-5-7-14/h3-11,20H,12H2,1-2H3. The van der Waals surface area contributed by atoms with Gasteiger partial charge >= 0.3 is 0 Å². The Hall–Kier alpha value is -2.20. The Labute approximate surface area is 135 Å². The van der Waals surface area contributed by atoms with Gasteiger partial charge in [-0.2, -0.15) is 5.10 Å². The molecule has 0 aromatic heterocycles. The lowest BCUT2D eigenvalue weighted by atomic mass is 10.1. The SMILES string of the molecule is COc1ccc(C2=C(C)SC(Cc3ccccc3)=NN2)cc1. The van der Waals surface area contributed by atoms with E-state index in [2.05, 4.69) is 41.7 Å². The maximum atomic E-state index is 5.20. The Kier molecular flexibility index (Phi) is 4.49. The first-order chi connectivity index (χ1) is 10.8. The fraction of sp³-hybridized carbons (Fsp3) is 0.167. The van der Waals surface area contributed by atoms with Gasteiger partial charge in [0.15, 0.2) is 0 Å². The summed E-state index contributed by atoms with van der Waals surface area (Å²) in [6, 6.07) is 18.4. The Balaban J connectivity index is 1.73. The van der Waals surface area contributed by atoms with E-state index >= 15 is 0 Å². The molecule has 1 aliphatic rings. The predicted octanol–water partition coefficient (Wildman–Crippen LogP) is 4.28. The second-order valence-corrected chi connectivity index (χ2v) is 6.33. The van der Waals surface area contributed by atoms with Gasteiger partial charge in [0.2, 0.25) is 0 Å². The van der Waals surface area contributed by atoms with E-state index in [1.165, 1.54) is 10.5 Å². The molecular formula is C18H18N2OS. The Bertz CT molecular complexity index is 706. The summed E-state index contributed by atoms with van der Waals surface area (Å²) in [7, 11) is 1.67. The summed E-state index contributed by atoms with van der Waals surface area (Å²) >= 11 is 1.73. The zero-order valence-electron chi connectivity index (χ0n) is 12.7. The normalized spacial score (nSPS) is 14.4. The minimum absolute atomic E-state index is 0.853. The van der Waals surface area contributed by atoms with E-state index in [1.54, 1.807) is 18.9 Å². The van der Waals surface area contributed by atoms with Gasteiger partial charge in [-0.3, -0.25) is 5.43 Å². The van der Waals surface area contributed by atoms with Crippen molar-refractivity contribution in [3.8, 4) is 5.75 Å². The van der Waals surface area contributed by atoms with Gasteiger partial charge in [0.25, 0.3) is 0 Å². The van der Waals surface area contributed by atoms with Crippen molar-refractivity contribution < 1.29 is 4.74 Å². The van der Waals surface area contributed by atoms with Crippen LogP contribution in [0.4, 0.5) is 0 Å². The molecule has 1 heterocycles. The molecule has 0 radical (unpaired) electrons. The van der Waals surface area contributed by atoms with Crippen LogP contribution in [0, 0.1) is 0 Å². The highest BCUT2D eigenvalue weighted by Crippen LogP contribution is 2.31. The number of thioether (sulfide) groups is 1. The third-order valence-corrected chi connectivity index (χ3v) is 4.47. The van der Waals surface area contributed by atoms with Gasteiger partial charge in [0.1, 0.15) is 10.8 Å². The highest BCUT2D eigenvalue weighted by Gasteiger charge is 2.15. The molecule has 112 valence electrons. The van der Waals surface area contributed by atoms with Crippen molar-refractivity contribution in [3.05, 3.63) is 70.6 Å². The van der Waals surface area contributed by atoms with Crippen molar-refractivity contribution >= 4 is 22.5 Å². The molecule has 0 bridgehead atoms. The summed E-state index contributed by atoms with van der Waals surface area (Å²) in [6.45, 7) is 2.12. The first-order valence-corrected chi connectivity index (χ1v) is 7.97. The van der Waals surface area contributed by atoms with Crippen molar-refractivity contribution in [3.63, 3.8) is 0 Å². The van der Waals surface area contributed by atoms with E-state index in [1.807, 2.05) is 30.3 Å².